The Bertz CT molecular complexity index is 1160. The maximum absolute atomic E-state index is 12.2. The number of nitrogens with one attached hydrogen (secondary N) is 3. The number of nitrogens with two attached hydrogens (primary N) is 1. The molecule has 0 radical (unpaired) electrons. The quantitative estimate of drug-likeness (QED) is 0.319. The van der Waals surface area contributed by atoms with Crippen molar-refractivity contribution in [2.24, 2.45) is 0 Å². The molecule has 12 heteroatoms. The van der Waals surface area contributed by atoms with Crippen LogP contribution >= 0.6 is 0 Å². The van der Waals surface area contributed by atoms with Crippen LogP contribution in [0.5, 0.6) is 0 Å². The van der Waals surface area contributed by atoms with Crippen LogP contribution in [0.2, 0.25) is 0 Å². The summed E-state index contributed by atoms with van der Waals surface area (Å²) < 4.78 is 0. The van der Waals surface area contributed by atoms with Gasteiger partial charge in [0.05, 0.1) is 12.7 Å². The molecular formula is C18H17N7O5. The van der Waals surface area contributed by atoms with E-state index >= 15 is 0 Å². The number of benzene rings is 1. The van der Waals surface area contributed by atoms with Gasteiger partial charge in [-0.1, -0.05) is 30.3 Å². The summed E-state index contributed by atoms with van der Waals surface area (Å²) in [6, 6.07) is 7.65. The van der Waals surface area contributed by atoms with Gasteiger partial charge in [-0.25, -0.2) is 14.8 Å². The summed E-state index contributed by atoms with van der Waals surface area (Å²) >= 11 is 0. The number of carboxylic acid groups (broad SMARTS) is 1. The number of fused-ring (bicyclic) bond motifs is 1. The van der Waals surface area contributed by atoms with E-state index in [1.54, 1.807) is 30.3 Å². The van der Waals surface area contributed by atoms with Crippen molar-refractivity contribution >= 4 is 34.9 Å². The lowest BCUT2D eigenvalue weighted by atomic mass is 10.1. The number of amides is 2. The highest BCUT2D eigenvalue weighted by atomic mass is 16.4. The zero-order chi connectivity index (χ0) is 21.7. The van der Waals surface area contributed by atoms with Crippen molar-refractivity contribution in [1.29, 1.82) is 0 Å². The second-order valence-electron chi connectivity index (χ2n) is 6.21. The predicted molar refractivity (Wildman–Crippen MR) is 104 cm³/mol. The molecule has 30 heavy (non-hydrogen) atoms. The first kappa shape index (κ1) is 20.4. The Morgan fingerprint density at radius 3 is 2.60 bits per heavy atom. The van der Waals surface area contributed by atoms with Gasteiger partial charge in [0.25, 0.3) is 11.5 Å². The summed E-state index contributed by atoms with van der Waals surface area (Å²) in [5.74, 6) is -2.83. The Hall–Kier alpha value is -4.35. The average Bonchev–Trinajstić information content (AvgIpc) is 2.71. The van der Waals surface area contributed by atoms with Crippen LogP contribution in [0.1, 0.15) is 16.1 Å². The smallest absolute Gasteiger partial charge is 0.326 e. The van der Waals surface area contributed by atoms with Gasteiger partial charge in [-0.3, -0.25) is 19.4 Å². The van der Waals surface area contributed by atoms with Gasteiger partial charge in [-0.2, -0.15) is 4.98 Å². The molecule has 0 saturated carbocycles. The van der Waals surface area contributed by atoms with Crippen LogP contribution in [-0.4, -0.2) is 55.4 Å². The summed E-state index contributed by atoms with van der Waals surface area (Å²) in [6.45, 7) is -0.484. The molecule has 1 atom stereocenters. The average molecular weight is 411 g/mol. The van der Waals surface area contributed by atoms with Crippen molar-refractivity contribution in [1.82, 2.24) is 30.6 Å². The molecule has 0 saturated heterocycles. The van der Waals surface area contributed by atoms with Crippen molar-refractivity contribution in [2.45, 2.75) is 12.5 Å². The van der Waals surface area contributed by atoms with Crippen LogP contribution in [0.3, 0.4) is 0 Å². The van der Waals surface area contributed by atoms with E-state index in [4.69, 9.17) is 5.73 Å². The third-order valence-electron chi connectivity index (χ3n) is 4.00. The summed E-state index contributed by atoms with van der Waals surface area (Å²) in [4.78, 5) is 61.2. The Kier molecular flexibility index (Phi) is 5.96. The van der Waals surface area contributed by atoms with Crippen LogP contribution in [0, 0.1) is 0 Å². The maximum atomic E-state index is 12.2. The summed E-state index contributed by atoms with van der Waals surface area (Å²) in [7, 11) is 0. The highest BCUT2D eigenvalue weighted by Crippen LogP contribution is 2.04. The number of carbonyl (C=O) groups is 3. The van der Waals surface area contributed by atoms with Crippen LogP contribution in [0.15, 0.2) is 41.3 Å². The number of nitrogen functional groups attached to an aromatic ring is 1. The lowest BCUT2D eigenvalue weighted by Crippen LogP contribution is -2.46. The van der Waals surface area contributed by atoms with Gasteiger partial charge in [0.1, 0.15) is 11.7 Å². The van der Waals surface area contributed by atoms with E-state index in [1.165, 1.54) is 0 Å². The SMILES string of the molecule is Nc1nc2nc(C(=O)NCC(=O)N[C@@H](Cc3ccccc3)C(=O)O)cnc2c(=O)[nH]1. The fourth-order valence-corrected chi connectivity index (χ4v) is 2.59. The van der Waals surface area contributed by atoms with Gasteiger partial charge >= 0.3 is 5.97 Å². The third kappa shape index (κ3) is 4.92. The van der Waals surface area contributed by atoms with Gasteiger partial charge in [0, 0.05) is 6.42 Å². The number of rotatable bonds is 7. The molecule has 0 aliphatic rings. The second-order valence-corrected chi connectivity index (χ2v) is 6.21. The van der Waals surface area contributed by atoms with Gasteiger partial charge in [0.2, 0.25) is 11.9 Å². The van der Waals surface area contributed by atoms with Gasteiger partial charge in [-0.15, -0.1) is 0 Å². The molecule has 0 unspecified atom stereocenters. The van der Waals surface area contributed by atoms with E-state index in [2.05, 4.69) is 30.6 Å². The maximum Gasteiger partial charge on any atom is 0.326 e. The Labute approximate surface area is 168 Å². The first-order valence-electron chi connectivity index (χ1n) is 8.70. The van der Waals surface area contributed by atoms with E-state index in [-0.39, 0.29) is 29.2 Å². The van der Waals surface area contributed by atoms with Gasteiger partial charge < -0.3 is 21.5 Å². The molecular weight excluding hydrogens is 394 g/mol. The lowest BCUT2D eigenvalue weighted by molar-refractivity contribution is -0.141. The molecule has 6 N–H and O–H groups in total. The summed E-state index contributed by atoms with van der Waals surface area (Å²) in [5.41, 5.74) is 5.17. The van der Waals surface area contributed by atoms with Crippen molar-refractivity contribution in [3.05, 3.63) is 58.1 Å². The van der Waals surface area contributed by atoms with Crippen LogP contribution < -0.4 is 21.9 Å². The first-order chi connectivity index (χ1) is 14.3. The summed E-state index contributed by atoms with van der Waals surface area (Å²) in [5, 5.41) is 14.0. The molecule has 12 nitrogen and oxygen atoms in total. The number of H-pyrrole nitrogens is 1. The fourth-order valence-electron chi connectivity index (χ4n) is 2.59. The number of nitrogens with zero attached hydrogens (tertiary/aromatic N) is 3. The number of carboxylic acids is 1. The fraction of sp³-hybridized carbons (Fsp3) is 0.167. The molecule has 0 aliphatic carbocycles. The number of aromatic nitrogens is 4. The molecule has 3 rings (SSSR count). The molecule has 3 aromatic rings. The molecule has 1 aromatic carbocycles. The second kappa shape index (κ2) is 8.77. The normalized spacial score (nSPS) is 11.6. The van der Waals surface area contributed by atoms with Crippen molar-refractivity contribution < 1.29 is 19.5 Å². The number of hydrogen-bond donors (Lipinski definition) is 5. The highest BCUT2D eigenvalue weighted by molar-refractivity contribution is 5.96. The number of hydrogen-bond acceptors (Lipinski definition) is 8. The monoisotopic (exact) mass is 411 g/mol. The molecule has 0 fully saturated rings. The standard InChI is InChI=1S/C18H17N7O5/c19-18-24-14-13(16(28)25-18)20-7-11(23-14)15(27)21-8-12(26)22-10(17(29)30)6-9-4-2-1-3-5-9/h1-5,7,10H,6,8H2,(H,21,27)(H,22,26)(H,29,30)(H3,19,23,24,25,28)/t10-/m0/s1. The topological polar surface area (TPSA) is 193 Å². The Morgan fingerprint density at radius 2 is 1.90 bits per heavy atom. The van der Waals surface area contributed by atoms with Crippen LogP contribution in [0.25, 0.3) is 11.2 Å². The third-order valence-corrected chi connectivity index (χ3v) is 4.00. The van der Waals surface area contributed by atoms with Gasteiger partial charge in [0.15, 0.2) is 11.2 Å². The zero-order valence-electron chi connectivity index (χ0n) is 15.5. The molecule has 0 aliphatic heterocycles. The van der Waals surface area contributed by atoms with Crippen LogP contribution in [-0.2, 0) is 16.0 Å². The Balaban J connectivity index is 1.62. The molecule has 0 bridgehead atoms. The summed E-state index contributed by atoms with van der Waals surface area (Å²) in [6.07, 6.45) is 1.14. The van der Waals surface area contributed by atoms with Crippen molar-refractivity contribution in [2.75, 3.05) is 12.3 Å². The molecule has 2 amide bonds. The molecule has 2 heterocycles. The minimum atomic E-state index is -1.20. The largest absolute Gasteiger partial charge is 0.480 e. The zero-order valence-corrected chi connectivity index (χ0v) is 15.5. The van der Waals surface area contributed by atoms with Crippen molar-refractivity contribution in [3.63, 3.8) is 0 Å². The Morgan fingerprint density at radius 1 is 1.17 bits per heavy atom. The molecule has 154 valence electrons. The van der Waals surface area contributed by atoms with Crippen molar-refractivity contribution in [3.8, 4) is 0 Å². The highest BCUT2D eigenvalue weighted by Gasteiger charge is 2.21. The number of carbonyl (C=O) groups excluding carboxylic acids is 2. The van der Waals surface area contributed by atoms with E-state index in [9.17, 15) is 24.3 Å². The van der Waals surface area contributed by atoms with Gasteiger partial charge in [-0.05, 0) is 5.56 Å². The predicted octanol–water partition coefficient (Wildman–Crippen LogP) is -1.16. The van der Waals surface area contributed by atoms with E-state index in [1.807, 2.05) is 0 Å². The number of aliphatic carboxylic acids is 1. The van der Waals surface area contributed by atoms with E-state index < -0.39 is 35.9 Å². The van der Waals surface area contributed by atoms with E-state index in [0.717, 1.165) is 11.8 Å². The minimum Gasteiger partial charge on any atom is -0.480 e. The minimum absolute atomic E-state index is 0.0909. The number of anilines is 1. The molecule has 0 spiro atoms. The lowest BCUT2D eigenvalue weighted by Gasteiger charge is -2.15. The van der Waals surface area contributed by atoms with E-state index in [0.29, 0.717) is 0 Å². The van der Waals surface area contributed by atoms with Crippen LogP contribution in [0.4, 0.5) is 5.95 Å². The number of aromatic amines is 1. The first-order valence-corrected chi connectivity index (χ1v) is 8.70. The molecule has 2 aromatic heterocycles.